The quantitative estimate of drug-likeness (QED) is 0.550. The molecule has 0 fully saturated rings. The Bertz CT molecular complexity index is 146. The van der Waals surface area contributed by atoms with Gasteiger partial charge in [-0.2, -0.15) is 13.2 Å². The predicted molar refractivity (Wildman–Crippen MR) is 37.2 cm³/mol. The second-order valence-corrected chi connectivity index (χ2v) is 1.53. The number of hydrogen-bond acceptors (Lipinski definition) is 1. The molecule has 0 aromatic carbocycles. The van der Waals surface area contributed by atoms with E-state index in [0.717, 1.165) is 6.92 Å². The highest BCUT2D eigenvalue weighted by Gasteiger charge is 2.34. The number of alkyl halides is 3. The molecule has 0 unspecified atom stereocenters. The summed E-state index contributed by atoms with van der Waals surface area (Å²) in [5, 5.41) is 0. The van der Waals surface area contributed by atoms with Gasteiger partial charge in [0.1, 0.15) is 0 Å². The number of carbonyl (C=O) groups excluding carboxylic acids is 1. The summed E-state index contributed by atoms with van der Waals surface area (Å²) in [4.78, 5) is 9.97. The van der Waals surface area contributed by atoms with Gasteiger partial charge < -0.3 is 0 Å². The zero-order valence-electron chi connectivity index (χ0n) is 6.75. The zero-order chi connectivity index (χ0) is 9.65. The van der Waals surface area contributed by atoms with Crippen molar-refractivity contribution in [3.8, 4) is 0 Å². The first-order valence-electron chi connectivity index (χ1n) is 3.12. The van der Waals surface area contributed by atoms with Crippen molar-refractivity contribution < 1.29 is 18.0 Å². The summed E-state index contributed by atoms with van der Waals surface area (Å²) >= 11 is 0. The second kappa shape index (κ2) is 4.93. The van der Waals surface area contributed by atoms with Crippen LogP contribution < -0.4 is 0 Å². The van der Waals surface area contributed by atoms with Crippen molar-refractivity contribution >= 4 is 5.78 Å². The molecule has 0 aromatic rings. The topological polar surface area (TPSA) is 17.1 Å². The molecule has 4 heteroatoms. The van der Waals surface area contributed by atoms with Gasteiger partial charge in [0.05, 0.1) is 5.57 Å². The van der Waals surface area contributed by atoms with Gasteiger partial charge in [0.2, 0.25) is 0 Å². The standard InChI is InChI=1S/C5H5F3O.C2H6/c1-3(4(2)9)5(6,7)8;1-2/h1H2,2H3;1-2H3. The van der Waals surface area contributed by atoms with Crippen LogP contribution in [-0.4, -0.2) is 12.0 Å². The molecule has 0 radical (unpaired) electrons. The summed E-state index contributed by atoms with van der Waals surface area (Å²) in [5.74, 6) is -1.04. The maximum absolute atomic E-state index is 11.4. The molecule has 0 amide bonds. The van der Waals surface area contributed by atoms with Gasteiger partial charge in [-0.25, -0.2) is 0 Å². The molecule has 0 aliphatic heterocycles. The number of ketones is 1. The maximum atomic E-state index is 11.4. The minimum atomic E-state index is -4.56. The smallest absolute Gasteiger partial charge is 0.295 e. The number of Topliss-reactive ketones (excluding diaryl/α,β-unsaturated/α-hetero) is 1. The van der Waals surface area contributed by atoms with Gasteiger partial charge in [0.15, 0.2) is 5.78 Å². The molecule has 0 atom stereocenters. The molecule has 0 aliphatic rings. The van der Waals surface area contributed by atoms with Crippen molar-refractivity contribution in [1.82, 2.24) is 0 Å². The molecular formula is C7H11F3O. The molecule has 0 N–H and O–H groups in total. The first-order chi connectivity index (χ1) is 4.85. The van der Waals surface area contributed by atoms with E-state index in [2.05, 4.69) is 6.58 Å². The van der Waals surface area contributed by atoms with E-state index in [1.807, 2.05) is 13.8 Å². The molecular weight excluding hydrogens is 157 g/mol. The minimum Gasteiger partial charge on any atom is -0.295 e. The molecule has 0 rings (SSSR count). The van der Waals surface area contributed by atoms with Gasteiger partial charge in [0, 0.05) is 0 Å². The van der Waals surface area contributed by atoms with Gasteiger partial charge in [-0.3, -0.25) is 4.79 Å². The zero-order valence-corrected chi connectivity index (χ0v) is 6.75. The average Bonchev–Trinajstić information content (AvgIpc) is 1.89. The second-order valence-electron chi connectivity index (χ2n) is 1.53. The molecule has 0 bridgehead atoms. The van der Waals surface area contributed by atoms with E-state index < -0.39 is 17.5 Å². The van der Waals surface area contributed by atoms with E-state index in [9.17, 15) is 18.0 Å². The number of hydrogen-bond donors (Lipinski definition) is 0. The van der Waals surface area contributed by atoms with E-state index >= 15 is 0 Å². The average molecular weight is 168 g/mol. The monoisotopic (exact) mass is 168 g/mol. The lowest BCUT2D eigenvalue weighted by molar-refractivity contribution is -0.126. The van der Waals surface area contributed by atoms with E-state index in [1.165, 1.54) is 0 Å². The highest BCUT2D eigenvalue weighted by atomic mass is 19.4. The van der Waals surface area contributed by atoms with Crippen molar-refractivity contribution in [1.29, 1.82) is 0 Å². The number of carbonyl (C=O) groups is 1. The molecule has 0 aliphatic carbocycles. The van der Waals surface area contributed by atoms with Gasteiger partial charge in [-0.05, 0) is 6.92 Å². The van der Waals surface area contributed by atoms with E-state index in [-0.39, 0.29) is 0 Å². The lowest BCUT2D eigenvalue weighted by Gasteiger charge is -2.04. The molecule has 0 spiro atoms. The van der Waals surface area contributed by atoms with Gasteiger partial charge in [0.25, 0.3) is 0 Å². The third-order valence-electron chi connectivity index (χ3n) is 0.767. The van der Waals surface area contributed by atoms with Crippen molar-refractivity contribution in [2.45, 2.75) is 26.9 Å². The number of halogens is 3. The first kappa shape index (κ1) is 12.8. The third kappa shape index (κ3) is 5.63. The van der Waals surface area contributed by atoms with Crippen molar-refractivity contribution in [3.63, 3.8) is 0 Å². The van der Waals surface area contributed by atoms with Crippen LogP contribution >= 0.6 is 0 Å². The molecule has 0 heterocycles. The Morgan fingerprint density at radius 3 is 1.55 bits per heavy atom. The molecule has 66 valence electrons. The van der Waals surface area contributed by atoms with Crippen molar-refractivity contribution in [2.24, 2.45) is 0 Å². The summed E-state index contributed by atoms with van der Waals surface area (Å²) < 4.78 is 34.1. The van der Waals surface area contributed by atoms with E-state index in [4.69, 9.17) is 0 Å². The Hall–Kier alpha value is -0.800. The highest BCUT2D eigenvalue weighted by Crippen LogP contribution is 2.23. The van der Waals surface area contributed by atoms with Gasteiger partial charge >= 0.3 is 6.18 Å². The molecule has 0 saturated carbocycles. The van der Waals surface area contributed by atoms with Crippen LogP contribution in [0.2, 0.25) is 0 Å². The van der Waals surface area contributed by atoms with Crippen LogP contribution in [0, 0.1) is 0 Å². The van der Waals surface area contributed by atoms with Crippen LogP contribution in [-0.2, 0) is 4.79 Å². The lowest BCUT2D eigenvalue weighted by Crippen LogP contribution is -2.16. The highest BCUT2D eigenvalue weighted by molar-refractivity contribution is 5.93. The van der Waals surface area contributed by atoms with E-state index in [0.29, 0.717) is 0 Å². The van der Waals surface area contributed by atoms with Crippen LogP contribution in [0.5, 0.6) is 0 Å². The van der Waals surface area contributed by atoms with Crippen molar-refractivity contribution in [3.05, 3.63) is 12.2 Å². The molecule has 0 aromatic heterocycles. The fraction of sp³-hybridized carbons (Fsp3) is 0.571. The Kier molecular flexibility index (Phi) is 5.76. The fourth-order valence-electron chi connectivity index (χ4n) is 0.200. The summed E-state index contributed by atoms with van der Waals surface area (Å²) in [5.41, 5.74) is -1.30. The first-order valence-corrected chi connectivity index (χ1v) is 3.12. The SMILES string of the molecule is C=C(C(C)=O)C(F)(F)F.CC. The Labute approximate surface area is 63.9 Å². The molecule has 1 nitrogen and oxygen atoms in total. The van der Waals surface area contributed by atoms with Gasteiger partial charge in [-0.15, -0.1) is 0 Å². The molecule has 0 saturated heterocycles. The summed E-state index contributed by atoms with van der Waals surface area (Å²) in [7, 11) is 0. The lowest BCUT2D eigenvalue weighted by atomic mass is 10.2. The fourth-order valence-corrected chi connectivity index (χ4v) is 0.200. The normalized spacial score (nSPS) is 9.64. The van der Waals surface area contributed by atoms with Crippen LogP contribution in [0.4, 0.5) is 13.2 Å². The van der Waals surface area contributed by atoms with Gasteiger partial charge in [-0.1, -0.05) is 20.4 Å². The molecule has 11 heavy (non-hydrogen) atoms. The Balaban J connectivity index is 0. The summed E-state index contributed by atoms with van der Waals surface area (Å²) in [6.45, 7) is 7.38. The predicted octanol–water partition coefficient (Wildman–Crippen LogP) is 2.72. The van der Waals surface area contributed by atoms with Crippen LogP contribution in [0.25, 0.3) is 0 Å². The van der Waals surface area contributed by atoms with E-state index in [1.54, 1.807) is 0 Å². The Morgan fingerprint density at radius 2 is 1.55 bits per heavy atom. The van der Waals surface area contributed by atoms with Crippen LogP contribution in [0.1, 0.15) is 20.8 Å². The maximum Gasteiger partial charge on any atom is 0.419 e. The van der Waals surface area contributed by atoms with Crippen LogP contribution in [0.15, 0.2) is 12.2 Å². The number of allylic oxidation sites excluding steroid dienone is 1. The minimum absolute atomic E-state index is 0.829. The van der Waals surface area contributed by atoms with Crippen LogP contribution in [0.3, 0.4) is 0 Å². The Morgan fingerprint density at radius 1 is 1.27 bits per heavy atom. The summed E-state index contributed by atoms with van der Waals surface area (Å²) in [6.07, 6.45) is -4.56. The van der Waals surface area contributed by atoms with Crippen molar-refractivity contribution in [2.75, 3.05) is 0 Å². The largest absolute Gasteiger partial charge is 0.419 e. The number of rotatable bonds is 1. The third-order valence-corrected chi connectivity index (χ3v) is 0.767. The summed E-state index contributed by atoms with van der Waals surface area (Å²) in [6, 6.07) is 0.